The zero-order valence-electron chi connectivity index (χ0n) is 21.5. The van der Waals surface area contributed by atoms with Crippen LogP contribution in [0, 0.1) is 11.8 Å². The number of carbonyl (C=O) groups is 2. The maximum atomic E-state index is 13.7. The number of nitrogens with one attached hydrogen (secondary N) is 2. The molecule has 5 rings (SSSR count). The van der Waals surface area contributed by atoms with Gasteiger partial charge in [0.15, 0.2) is 0 Å². The molecule has 3 heterocycles. The van der Waals surface area contributed by atoms with Crippen molar-refractivity contribution in [3.63, 3.8) is 0 Å². The van der Waals surface area contributed by atoms with Gasteiger partial charge in [0.2, 0.25) is 9.70 Å². The van der Waals surface area contributed by atoms with Gasteiger partial charge in [0.25, 0.3) is 10.1 Å². The molecule has 0 aromatic heterocycles. The fraction of sp³-hybridized carbons (Fsp3) is 0.667. The van der Waals surface area contributed by atoms with Gasteiger partial charge in [-0.05, 0) is 36.8 Å². The number of fused-ring (bicyclic) bond motifs is 4. The molecule has 218 valence electrons. The quantitative estimate of drug-likeness (QED) is 0.291. The van der Waals surface area contributed by atoms with Gasteiger partial charge in [-0.15, -0.1) is 0 Å². The number of alkyl halides is 3. The zero-order valence-corrected chi connectivity index (χ0v) is 24.6. The first-order valence-corrected chi connectivity index (χ1v) is 15.3. The van der Waals surface area contributed by atoms with E-state index in [0.717, 1.165) is 6.26 Å². The fourth-order valence-electron chi connectivity index (χ4n) is 6.00. The van der Waals surface area contributed by atoms with Crippen molar-refractivity contribution >= 4 is 62.6 Å². The summed E-state index contributed by atoms with van der Waals surface area (Å²) < 4.78 is 43.4. The average Bonchev–Trinajstić information content (AvgIpc) is 2.97. The van der Waals surface area contributed by atoms with E-state index in [1.807, 2.05) is 0 Å². The van der Waals surface area contributed by atoms with E-state index in [-0.39, 0.29) is 31.8 Å². The average molecular weight is 630 g/mol. The molecule has 1 saturated carbocycles. The Labute approximate surface area is 241 Å². The van der Waals surface area contributed by atoms with E-state index in [9.17, 15) is 23.1 Å². The molecule has 1 spiro atoms. The van der Waals surface area contributed by atoms with Gasteiger partial charge < -0.3 is 30.0 Å². The maximum absolute atomic E-state index is 13.7. The molecule has 3 aliphatic heterocycles. The Morgan fingerprint density at radius 2 is 2.03 bits per heavy atom. The highest BCUT2D eigenvalue weighted by molar-refractivity contribution is 7.85. The van der Waals surface area contributed by atoms with Crippen LogP contribution in [0.15, 0.2) is 18.2 Å². The van der Waals surface area contributed by atoms with E-state index < -0.39 is 68.2 Å². The van der Waals surface area contributed by atoms with Crippen LogP contribution < -0.4 is 15.4 Å². The first-order chi connectivity index (χ1) is 18.1. The summed E-state index contributed by atoms with van der Waals surface area (Å²) in [6.45, 7) is 0.779. The fourth-order valence-corrected chi connectivity index (χ4v) is 6.59. The standard InChI is InChI=1S/C24H31Cl3N2O9S/c1-4-22(32,11-38-39(3,33)34)16-8-19-23(15-6-5-13(35-2)7-17(15)28-20(23)30)9-18(14(16)10-36-19)29-21(31)37-12-24(25,26)27/h5-7,14,16,18-19,32H,4,8-12H2,1-3H3,(H,28,30)(H,29,31)/t14-,16+,18-,19+,22+,23-/m0/s1. The number of ether oxygens (including phenoxy) is 3. The van der Waals surface area contributed by atoms with Crippen molar-refractivity contribution in [3.8, 4) is 5.75 Å². The second kappa shape index (κ2) is 11.0. The molecule has 15 heteroatoms. The molecule has 6 atom stereocenters. The molecule has 2 amide bonds. The van der Waals surface area contributed by atoms with Crippen LogP contribution in [0.25, 0.3) is 0 Å². The molecule has 1 aromatic carbocycles. The lowest BCUT2D eigenvalue weighted by molar-refractivity contribution is -0.150. The molecule has 0 unspecified atom stereocenters. The second-order valence-electron chi connectivity index (χ2n) is 10.2. The first-order valence-electron chi connectivity index (χ1n) is 12.3. The van der Waals surface area contributed by atoms with Crippen molar-refractivity contribution < 1.29 is 41.5 Å². The van der Waals surface area contributed by atoms with Crippen molar-refractivity contribution in [1.82, 2.24) is 5.32 Å². The van der Waals surface area contributed by atoms with E-state index in [0.29, 0.717) is 17.0 Å². The summed E-state index contributed by atoms with van der Waals surface area (Å²) in [5.41, 5.74) is -1.63. The van der Waals surface area contributed by atoms with E-state index in [4.69, 9.17) is 53.2 Å². The number of anilines is 1. The van der Waals surface area contributed by atoms with Crippen LogP contribution in [0.2, 0.25) is 0 Å². The molecular formula is C24H31Cl3N2O9S. The molecule has 0 radical (unpaired) electrons. The smallest absolute Gasteiger partial charge is 0.407 e. The summed E-state index contributed by atoms with van der Waals surface area (Å²) in [6, 6.07) is 4.47. The van der Waals surface area contributed by atoms with E-state index in [1.54, 1.807) is 25.1 Å². The molecule has 4 aliphatic rings. The number of benzene rings is 1. The number of hydrogen-bond acceptors (Lipinski definition) is 9. The molecular weight excluding hydrogens is 599 g/mol. The van der Waals surface area contributed by atoms with E-state index in [1.165, 1.54) is 7.11 Å². The lowest BCUT2D eigenvalue weighted by Crippen LogP contribution is -2.55. The van der Waals surface area contributed by atoms with Gasteiger partial charge >= 0.3 is 6.09 Å². The number of aliphatic hydroxyl groups is 1. The predicted molar refractivity (Wildman–Crippen MR) is 144 cm³/mol. The summed E-state index contributed by atoms with van der Waals surface area (Å²) in [5.74, 6) is -0.933. The second-order valence-corrected chi connectivity index (χ2v) is 14.4. The van der Waals surface area contributed by atoms with Crippen LogP contribution in [0.4, 0.5) is 10.5 Å². The zero-order chi connectivity index (χ0) is 28.8. The van der Waals surface area contributed by atoms with Crippen LogP contribution in [0.5, 0.6) is 5.75 Å². The monoisotopic (exact) mass is 628 g/mol. The Morgan fingerprint density at radius 3 is 2.64 bits per heavy atom. The van der Waals surface area contributed by atoms with Crippen molar-refractivity contribution in [2.45, 2.75) is 53.1 Å². The Hall–Kier alpha value is -1.54. The number of amides is 2. The topological polar surface area (TPSA) is 149 Å². The van der Waals surface area contributed by atoms with Gasteiger partial charge in [0, 0.05) is 23.7 Å². The molecule has 11 nitrogen and oxygen atoms in total. The van der Waals surface area contributed by atoms with Crippen molar-refractivity contribution in [1.29, 1.82) is 0 Å². The predicted octanol–water partition coefficient (Wildman–Crippen LogP) is 2.89. The Kier molecular flexibility index (Phi) is 8.61. The summed E-state index contributed by atoms with van der Waals surface area (Å²) in [7, 11) is -2.34. The van der Waals surface area contributed by atoms with E-state index >= 15 is 0 Å². The highest BCUT2D eigenvalue weighted by Crippen LogP contribution is 2.55. The third-order valence-corrected chi connectivity index (χ3v) is 8.81. The molecule has 39 heavy (non-hydrogen) atoms. The normalized spacial score (nSPS) is 29.8. The minimum Gasteiger partial charge on any atom is -0.497 e. The van der Waals surface area contributed by atoms with Crippen LogP contribution in [0.3, 0.4) is 0 Å². The molecule has 1 aliphatic carbocycles. The number of halogens is 3. The molecule has 2 bridgehead atoms. The van der Waals surface area contributed by atoms with Crippen LogP contribution in [-0.2, 0) is 34.0 Å². The van der Waals surface area contributed by atoms with Gasteiger partial charge in [-0.3, -0.25) is 8.98 Å². The van der Waals surface area contributed by atoms with Crippen molar-refractivity contribution in [2.75, 3.05) is 38.5 Å². The largest absolute Gasteiger partial charge is 0.497 e. The number of rotatable bonds is 8. The molecule has 3 fully saturated rings. The van der Waals surface area contributed by atoms with Gasteiger partial charge in [-0.1, -0.05) is 47.8 Å². The highest BCUT2D eigenvalue weighted by Gasteiger charge is 2.62. The maximum Gasteiger partial charge on any atom is 0.407 e. The Bertz CT molecular complexity index is 1230. The lowest BCUT2D eigenvalue weighted by Gasteiger charge is -2.45. The SMILES string of the molecule is CC[C@@](O)(COS(C)(=O)=O)[C@@H]1C[C@H]2OC[C@@H]1[C@@H](NC(=O)OCC(Cl)(Cl)Cl)C[C@@]21C(=O)Nc2cc(OC)ccc21. The van der Waals surface area contributed by atoms with Gasteiger partial charge in [0.1, 0.15) is 17.8 Å². The minimum absolute atomic E-state index is 0.0758. The number of methoxy groups -OCH3 is 1. The number of carbonyl (C=O) groups excluding carboxylic acids is 2. The Morgan fingerprint density at radius 1 is 1.31 bits per heavy atom. The summed E-state index contributed by atoms with van der Waals surface area (Å²) in [4.78, 5) is 26.5. The first kappa shape index (κ1) is 30.4. The Balaban J connectivity index is 1.75. The van der Waals surface area contributed by atoms with Crippen LogP contribution >= 0.6 is 34.8 Å². The molecule has 3 N–H and O–H groups in total. The van der Waals surface area contributed by atoms with E-state index in [2.05, 4.69) is 10.6 Å². The summed E-state index contributed by atoms with van der Waals surface area (Å²) >= 11 is 17.2. The van der Waals surface area contributed by atoms with Gasteiger partial charge in [-0.25, -0.2) is 4.79 Å². The molecule has 2 saturated heterocycles. The third-order valence-electron chi connectivity index (χ3n) is 7.94. The highest BCUT2D eigenvalue weighted by atomic mass is 35.6. The lowest BCUT2D eigenvalue weighted by atomic mass is 9.70. The van der Waals surface area contributed by atoms with Gasteiger partial charge in [0.05, 0.1) is 38.3 Å². The number of alkyl carbamates (subject to hydrolysis) is 1. The van der Waals surface area contributed by atoms with Crippen LogP contribution in [-0.4, -0.2) is 80.3 Å². The van der Waals surface area contributed by atoms with Crippen molar-refractivity contribution in [3.05, 3.63) is 23.8 Å². The minimum atomic E-state index is -3.85. The van der Waals surface area contributed by atoms with Crippen molar-refractivity contribution in [2.24, 2.45) is 11.8 Å². The van der Waals surface area contributed by atoms with Crippen LogP contribution in [0.1, 0.15) is 31.7 Å². The van der Waals surface area contributed by atoms with Gasteiger partial charge in [-0.2, -0.15) is 8.42 Å². The summed E-state index contributed by atoms with van der Waals surface area (Å²) in [5, 5.41) is 17.4. The molecule has 1 aromatic rings. The summed E-state index contributed by atoms with van der Waals surface area (Å²) in [6.07, 6.45) is -0.227. The third kappa shape index (κ3) is 6.22. The number of hydrogen-bond donors (Lipinski definition) is 3.